The molecule has 5 nitrogen and oxygen atoms in total. The molecular formula is C18H14BrClN2O3S. The number of methoxy groups -OCH3 is 1. The minimum Gasteiger partial charge on any atom is -0.503 e. The number of carbonyl (C=O) groups is 1. The van der Waals surface area contributed by atoms with Crippen LogP contribution in [-0.2, 0) is 11.3 Å². The first-order valence-corrected chi connectivity index (χ1v) is 9.13. The molecule has 1 aliphatic rings. The molecule has 3 rings (SSSR count). The van der Waals surface area contributed by atoms with Gasteiger partial charge >= 0.3 is 0 Å². The molecular weight excluding hydrogens is 440 g/mol. The smallest absolute Gasteiger partial charge is 0.276 e. The van der Waals surface area contributed by atoms with Crippen LogP contribution >= 0.6 is 39.7 Å². The average molecular weight is 454 g/mol. The highest BCUT2D eigenvalue weighted by Gasteiger charge is 2.31. The van der Waals surface area contributed by atoms with Gasteiger partial charge in [-0.1, -0.05) is 29.8 Å². The molecule has 1 amide bonds. The zero-order valence-electron chi connectivity index (χ0n) is 13.6. The van der Waals surface area contributed by atoms with Gasteiger partial charge in [0, 0.05) is 5.02 Å². The van der Waals surface area contributed by atoms with E-state index in [1.54, 1.807) is 24.3 Å². The van der Waals surface area contributed by atoms with Crippen molar-refractivity contribution in [1.82, 2.24) is 10.2 Å². The van der Waals surface area contributed by atoms with Crippen LogP contribution in [0.3, 0.4) is 0 Å². The van der Waals surface area contributed by atoms with Gasteiger partial charge in [-0.05, 0) is 63.5 Å². The lowest BCUT2D eigenvalue weighted by Gasteiger charge is -2.14. The van der Waals surface area contributed by atoms with E-state index < -0.39 is 0 Å². The van der Waals surface area contributed by atoms with E-state index in [2.05, 4.69) is 21.2 Å². The number of amides is 1. The molecule has 1 aliphatic heterocycles. The average Bonchev–Trinajstić information content (AvgIpc) is 2.87. The van der Waals surface area contributed by atoms with Crippen LogP contribution in [0.15, 0.2) is 46.6 Å². The van der Waals surface area contributed by atoms with Crippen molar-refractivity contribution in [2.24, 2.45) is 0 Å². The minimum absolute atomic E-state index is 0.00350. The van der Waals surface area contributed by atoms with Gasteiger partial charge in [-0.3, -0.25) is 9.69 Å². The number of nitrogens with one attached hydrogen (secondary N) is 1. The van der Waals surface area contributed by atoms with Crippen molar-refractivity contribution < 1.29 is 14.6 Å². The molecule has 0 spiro atoms. The summed E-state index contributed by atoms with van der Waals surface area (Å²) in [5.41, 5.74) is 1.81. The SMILES string of the molecule is COc1cc(/C=C2\NC(=S)N(Cc3ccccc3Cl)C2=O)cc(Br)c1O. The third kappa shape index (κ3) is 3.70. The number of rotatable bonds is 4. The van der Waals surface area contributed by atoms with Gasteiger partial charge in [-0.15, -0.1) is 0 Å². The molecule has 2 aromatic rings. The lowest BCUT2D eigenvalue weighted by atomic mass is 10.1. The number of carbonyl (C=O) groups excluding carboxylic acids is 1. The Morgan fingerprint density at radius 1 is 1.38 bits per heavy atom. The van der Waals surface area contributed by atoms with Gasteiger partial charge in [0.05, 0.1) is 18.1 Å². The molecule has 0 aromatic heterocycles. The highest BCUT2D eigenvalue weighted by molar-refractivity contribution is 9.10. The number of ether oxygens (including phenoxy) is 1. The van der Waals surface area contributed by atoms with Crippen molar-refractivity contribution in [3.8, 4) is 11.5 Å². The summed E-state index contributed by atoms with van der Waals surface area (Å²) in [7, 11) is 1.46. The Balaban J connectivity index is 1.88. The Kier molecular flexibility index (Phi) is 5.50. The summed E-state index contributed by atoms with van der Waals surface area (Å²) in [6.45, 7) is 0.282. The van der Waals surface area contributed by atoms with E-state index in [0.717, 1.165) is 5.56 Å². The molecule has 0 bridgehead atoms. The number of phenols is 1. The molecule has 0 aliphatic carbocycles. The molecule has 0 unspecified atom stereocenters. The van der Waals surface area contributed by atoms with Gasteiger partial charge in [-0.25, -0.2) is 0 Å². The van der Waals surface area contributed by atoms with Crippen molar-refractivity contribution in [2.75, 3.05) is 7.11 Å². The first-order valence-electron chi connectivity index (χ1n) is 7.55. The Bertz CT molecular complexity index is 933. The standard InChI is InChI=1S/C18H14BrClN2O3S/c1-25-15-8-10(6-12(19)16(15)23)7-14-17(24)22(18(26)21-14)9-11-4-2-3-5-13(11)20/h2-8,23H,9H2,1H3,(H,21,26)/b14-7-. The highest BCUT2D eigenvalue weighted by atomic mass is 79.9. The Hall–Kier alpha value is -2.09. The van der Waals surface area contributed by atoms with Crippen molar-refractivity contribution in [1.29, 1.82) is 0 Å². The van der Waals surface area contributed by atoms with Crippen LogP contribution in [0.25, 0.3) is 6.08 Å². The topological polar surface area (TPSA) is 61.8 Å². The van der Waals surface area contributed by atoms with E-state index in [1.165, 1.54) is 12.0 Å². The fourth-order valence-corrected chi connectivity index (χ4v) is 3.42. The quantitative estimate of drug-likeness (QED) is 0.540. The molecule has 0 saturated carbocycles. The maximum absolute atomic E-state index is 12.7. The second kappa shape index (κ2) is 7.65. The molecule has 26 heavy (non-hydrogen) atoms. The van der Waals surface area contributed by atoms with Crippen LogP contribution in [0.1, 0.15) is 11.1 Å². The molecule has 8 heteroatoms. The number of benzene rings is 2. The fraction of sp³-hybridized carbons (Fsp3) is 0.111. The van der Waals surface area contributed by atoms with Gasteiger partial charge in [0.2, 0.25) is 0 Å². The summed E-state index contributed by atoms with van der Waals surface area (Å²) in [5.74, 6) is 0.0430. The summed E-state index contributed by atoms with van der Waals surface area (Å²) in [4.78, 5) is 14.2. The van der Waals surface area contributed by atoms with Crippen LogP contribution in [0.4, 0.5) is 0 Å². The van der Waals surface area contributed by atoms with Crippen molar-refractivity contribution in [3.63, 3.8) is 0 Å². The summed E-state index contributed by atoms with van der Waals surface area (Å²) in [5, 5.41) is 13.7. The normalized spacial score (nSPS) is 15.5. The van der Waals surface area contributed by atoms with Gasteiger partial charge in [-0.2, -0.15) is 0 Å². The zero-order valence-corrected chi connectivity index (χ0v) is 16.8. The number of aromatic hydroxyl groups is 1. The first kappa shape index (κ1) is 18.7. The lowest BCUT2D eigenvalue weighted by molar-refractivity contribution is -0.122. The largest absolute Gasteiger partial charge is 0.503 e. The van der Waals surface area contributed by atoms with Crippen LogP contribution < -0.4 is 10.1 Å². The highest BCUT2D eigenvalue weighted by Crippen LogP contribution is 2.36. The third-order valence-corrected chi connectivity index (χ3v) is 5.13. The molecule has 2 N–H and O–H groups in total. The van der Waals surface area contributed by atoms with E-state index in [4.69, 9.17) is 28.6 Å². The molecule has 0 radical (unpaired) electrons. The van der Waals surface area contributed by atoms with Gasteiger partial charge in [0.25, 0.3) is 5.91 Å². The van der Waals surface area contributed by atoms with Gasteiger partial charge in [0.15, 0.2) is 16.6 Å². The minimum atomic E-state index is -0.252. The number of phenolic OH excluding ortho intramolecular Hbond substituents is 1. The summed E-state index contributed by atoms with van der Waals surface area (Å²) < 4.78 is 5.59. The summed E-state index contributed by atoms with van der Waals surface area (Å²) >= 11 is 14.7. The molecule has 0 atom stereocenters. The third-order valence-electron chi connectivity index (χ3n) is 3.83. The predicted octanol–water partition coefficient (Wildman–Crippen LogP) is 4.07. The number of nitrogens with zero attached hydrogens (tertiary/aromatic N) is 1. The summed E-state index contributed by atoms with van der Waals surface area (Å²) in [6.07, 6.45) is 1.65. The number of hydrogen-bond donors (Lipinski definition) is 2. The molecule has 134 valence electrons. The number of halogens is 2. The summed E-state index contributed by atoms with van der Waals surface area (Å²) in [6, 6.07) is 10.6. The Morgan fingerprint density at radius 2 is 2.12 bits per heavy atom. The maximum Gasteiger partial charge on any atom is 0.276 e. The number of hydrogen-bond acceptors (Lipinski definition) is 4. The van der Waals surface area contributed by atoms with Crippen LogP contribution in [0.2, 0.25) is 5.02 Å². The van der Waals surface area contributed by atoms with Crippen LogP contribution in [-0.4, -0.2) is 28.1 Å². The van der Waals surface area contributed by atoms with Crippen molar-refractivity contribution >= 4 is 56.8 Å². The van der Waals surface area contributed by atoms with Crippen LogP contribution in [0.5, 0.6) is 11.5 Å². The number of thiocarbonyl (C=S) groups is 1. The zero-order chi connectivity index (χ0) is 18.8. The van der Waals surface area contributed by atoms with Crippen molar-refractivity contribution in [3.05, 3.63) is 62.7 Å². The van der Waals surface area contributed by atoms with Gasteiger partial charge in [0.1, 0.15) is 5.70 Å². The van der Waals surface area contributed by atoms with E-state index in [1.807, 2.05) is 18.2 Å². The molecule has 1 saturated heterocycles. The fourth-order valence-electron chi connectivity index (χ4n) is 2.51. The molecule has 1 heterocycles. The molecule has 2 aromatic carbocycles. The lowest BCUT2D eigenvalue weighted by Crippen LogP contribution is -2.30. The van der Waals surface area contributed by atoms with E-state index in [0.29, 0.717) is 31.6 Å². The predicted molar refractivity (Wildman–Crippen MR) is 108 cm³/mol. The van der Waals surface area contributed by atoms with Crippen LogP contribution in [0, 0.1) is 0 Å². The second-order valence-electron chi connectivity index (χ2n) is 5.52. The second-order valence-corrected chi connectivity index (χ2v) is 7.17. The Labute approximate surface area is 169 Å². The van der Waals surface area contributed by atoms with E-state index in [-0.39, 0.29) is 18.2 Å². The maximum atomic E-state index is 12.7. The van der Waals surface area contributed by atoms with E-state index in [9.17, 15) is 9.90 Å². The van der Waals surface area contributed by atoms with Gasteiger partial charge < -0.3 is 15.2 Å². The first-order chi connectivity index (χ1) is 12.4. The van der Waals surface area contributed by atoms with Crippen molar-refractivity contribution in [2.45, 2.75) is 6.54 Å². The monoisotopic (exact) mass is 452 g/mol. The Morgan fingerprint density at radius 3 is 2.81 bits per heavy atom. The van der Waals surface area contributed by atoms with E-state index >= 15 is 0 Å². The molecule has 1 fully saturated rings.